The summed E-state index contributed by atoms with van der Waals surface area (Å²) in [5, 5.41) is 10.7. The number of rotatable bonds is 5. The molecule has 0 spiro atoms. The van der Waals surface area contributed by atoms with Gasteiger partial charge in [-0.05, 0) is 38.5 Å². The summed E-state index contributed by atoms with van der Waals surface area (Å²) in [6, 6.07) is 6.97. The second kappa shape index (κ2) is 7.73. The summed E-state index contributed by atoms with van der Waals surface area (Å²) >= 11 is 1.37. The Morgan fingerprint density at radius 2 is 1.87 bits per heavy atom. The van der Waals surface area contributed by atoms with Gasteiger partial charge in [0, 0.05) is 17.1 Å². The fourth-order valence-corrected chi connectivity index (χ4v) is 2.62. The zero-order chi connectivity index (χ0) is 16.8. The van der Waals surface area contributed by atoms with Crippen LogP contribution in [0.2, 0.25) is 0 Å². The van der Waals surface area contributed by atoms with Gasteiger partial charge in [0.2, 0.25) is 5.91 Å². The standard InChI is InChI=1S/C16H20N4O2S/c1-10(2)17-14(21)8-12-4-6-13(7-5-12)19-15(22)20-16-18-11(3)9-23-16/h4-7,9-10H,8H2,1-3H3,(H,17,21)(H2,18,19,20,22). The fraction of sp³-hybridized carbons (Fsp3) is 0.312. The van der Waals surface area contributed by atoms with Gasteiger partial charge in [0.25, 0.3) is 0 Å². The second-order valence-electron chi connectivity index (χ2n) is 5.47. The molecule has 0 aliphatic heterocycles. The predicted molar refractivity (Wildman–Crippen MR) is 92.9 cm³/mol. The van der Waals surface area contributed by atoms with Gasteiger partial charge in [0.15, 0.2) is 5.13 Å². The van der Waals surface area contributed by atoms with Crippen LogP contribution in [-0.2, 0) is 11.2 Å². The monoisotopic (exact) mass is 332 g/mol. The normalized spacial score (nSPS) is 10.4. The molecule has 0 unspecified atom stereocenters. The number of aromatic nitrogens is 1. The van der Waals surface area contributed by atoms with E-state index in [9.17, 15) is 9.59 Å². The van der Waals surface area contributed by atoms with E-state index in [1.807, 2.05) is 38.3 Å². The number of aryl methyl sites for hydroxylation is 1. The van der Waals surface area contributed by atoms with Crippen molar-refractivity contribution in [2.45, 2.75) is 33.2 Å². The van der Waals surface area contributed by atoms with Gasteiger partial charge >= 0.3 is 6.03 Å². The Labute approximate surface area is 139 Å². The van der Waals surface area contributed by atoms with Gasteiger partial charge in [-0.3, -0.25) is 10.1 Å². The molecule has 0 atom stereocenters. The smallest absolute Gasteiger partial charge is 0.325 e. The zero-order valence-electron chi connectivity index (χ0n) is 13.3. The molecule has 1 aromatic heterocycles. The maximum absolute atomic E-state index is 11.9. The van der Waals surface area contributed by atoms with E-state index in [4.69, 9.17) is 0 Å². The molecule has 0 aliphatic carbocycles. The first kappa shape index (κ1) is 17.0. The molecule has 122 valence electrons. The number of carbonyl (C=O) groups is 2. The van der Waals surface area contributed by atoms with Crippen LogP contribution in [0.15, 0.2) is 29.6 Å². The van der Waals surface area contributed by atoms with E-state index < -0.39 is 0 Å². The molecule has 0 saturated heterocycles. The molecule has 6 nitrogen and oxygen atoms in total. The van der Waals surface area contributed by atoms with Crippen LogP contribution in [0.25, 0.3) is 0 Å². The van der Waals surface area contributed by atoms with Crippen molar-refractivity contribution in [3.8, 4) is 0 Å². The number of hydrogen-bond donors (Lipinski definition) is 3. The molecule has 3 amide bonds. The Bertz CT molecular complexity index is 680. The number of nitrogens with one attached hydrogen (secondary N) is 3. The Morgan fingerprint density at radius 3 is 2.43 bits per heavy atom. The average Bonchev–Trinajstić information content (AvgIpc) is 2.85. The van der Waals surface area contributed by atoms with Crippen molar-refractivity contribution in [2.24, 2.45) is 0 Å². The fourth-order valence-electron chi connectivity index (χ4n) is 1.94. The quantitative estimate of drug-likeness (QED) is 0.786. The molecule has 3 N–H and O–H groups in total. The van der Waals surface area contributed by atoms with Crippen molar-refractivity contribution in [3.05, 3.63) is 40.9 Å². The van der Waals surface area contributed by atoms with E-state index in [-0.39, 0.29) is 18.0 Å². The summed E-state index contributed by atoms with van der Waals surface area (Å²) in [6.45, 7) is 5.72. The molecule has 0 aliphatic rings. The van der Waals surface area contributed by atoms with E-state index in [2.05, 4.69) is 20.9 Å². The molecule has 1 aromatic carbocycles. The van der Waals surface area contributed by atoms with E-state index >= 15 is 0 Å². The van der Waals surface area contributed by atoms with Crippen molar-refractivity contribution in [2.75, 3.05) is 10.6 Å². The summed E-state index contributed by atoms with van der Waals surface area (Å²) in [7, 11) is 0. The summed E-state index contributed by atoms with van der Waals surface area (Å²) < 4.78 is 0. The van der Waals surface area contributed by atoms with Crippen LogP contribution in [0.4, 0.5) is 15.6 Å². The van der Waals surface area contributed by atoms with E-state index in [0.29, 0.717) is 17.2 Å². The number of carbonyl (C=O) groups excluding carboxylic acids is 2. The van der Waals surface area contributed by atoms with Crippen LogP contribution < -0.4 is 16.0 Å². The number of urea groups is 1. The third-order valence-electron chi connectivity index (χ3n) is 2.87. The lowest BCUT2D eigenvalue weighted by atomic mass is 10.1. The molecular formula is C16H20N4O2S. The van der Waals surface area contributed by atoms with Gasteiger partial charge in [-0.25, -0.2) is 9.78 Å². The molecule has 7 heteroatoms. The first-order valence-electron chi connectivity index (χ1n) is 7.31. The minimum absolute atomic E-state index is 0.0161. The number of thiazole rings is 1. The number of amides is 3. The van der Waals surface area contributed by atoms with E-state index in [0.717, 1.165) is 11.3 Å². The average molecular weight is 332 g/mol. The van der Waals surface area contributed by atoms with Crippen molar-refractivity contribution in [1.29, 1.82) is 0 Å². The highest BCUT2D eigenvalue weighted by molar-refractivity contribution is 7.13. The van der Waals surface area contributed by atoms with Crippen molar-refractivity contribution in [3.63, 3.8) is 0 Å². The van der Waals surface area contributed by atoms with Crippen LogP contribution in [0.1, 0.15) is 25.1 Å². The number of hydrogen-bond acceptors (Lipinski definition) is 4. The number of nitrogens with zero attached hydrogens (tertiary/aromatic N) is 1. The minimum Gasteiger partial charge on any atom is -0.354 e. The maximum Gasteiger partial charge on any atom is 0.325 e. The SMILES string of the molecule is Cc1csc(NC(=O)Nc2ccc(CC(=O)NC(C)C)cc2)n1. The highest BCUT2D eigenvalue weighted by Gasteiger charge is 2.07. The summed E-state index contributed by atoms with van der Waals surface area (Å²) in [5.74, 6) is -0.0161. The predicted octanol–water partition coefficient (Wildman–Crippen LogP) is 3.16. The molecule has 2 rings (SSSR count). The van der Waals surface area contributed by atoms with Gasteiger partial charge in [-0.1, -0.05) is 12.1 Å². The van der Waals surface area contributed by atoms with E-state index in [1.165, 1.54) is 11.3 Å². The molecule has 2 aromatic rings. The van der Waals surface area contributed by atoms with Crippen LogP contribution in [0.3, 0.4) is 0 Å². The zero-order valence-corrected chi connectivity index (χ0v) is 14.2. The molecular weight excluding hydrogens is 312 g/mol. The highest BCUT2D eigenvalue weighted by Crippen LogP contribution is 2.15. The van der Waals surface area contributed by atoms with E-state index in [1.54, 1.807) is 12.1 Å². The lowest BCUT2D eigenvalue weighted by Gasteiger charge is -2.09. The summed E-state index contributed by atoms with van der Waals surface area (Å²) in [5.41, 5.74) is 2.42. The Morgan fingerprint density at radius 1 is 1.17 bits per heavy atom. The second-order valence-corrected chi connectivity index (χ2v) is 6.33. The Hall–Kier alpha value is -2.41. The molecule has 0 bridgehead atoms. The summed E-state index contributed by atoms with van der Waals surface area (Å²) in [6.07, 6.45) is 0.322. The van der Waals surface area contributed by atoms with Crippen LogP contribution in [-0.4, -0.2) is 23.0 Å². The van der Waals surface area contributed by atoms with Crippen LogP contribution >= 0.6 is 11.3 Å². The van der Waals surface area contributed by atoms with Gasteiger partial charge in [0.05, 0.1) is 12.1 Å². The lowest BCUT2D eigenvalue weighted by Crippen LogP contribution is -2.31. The lowest BCUT2D eigenvalue weighted by molar-refractivity contribution is -0.120. The Balaban J connectivity index is 1.87. The Kier molecular flexibility index (Phi) is 5.70. The minimum atomic E-state index is -0.343. The number of anilines is 2. The van der Waals surface area contributed by atoms with Crippen LogP contribution in [0.5, 0.6) is 0 Å². The first-order chi connectivity index (χ1) is 10.9. The largest absolute Gasteiger partial charge is 0.354 e. The molecule has 0 saturated carbocycles. The van der Waals surface area contributed by atoms with Gasteiger partial charge in [-0.2, -0.15) is 0 Å². The van der Waals surface area contributed by atoms with Crippen molar-refractivity contribution >= 4 is 34.1 Å². The molecule has 23 heavy (non-hydrogen) atoms. The molecule has 0 radical (unpaired) electrons. The first-order valence-corrected chi connectivity index (χ1v) is 8.19. The summed E-state index contributed by atoms with van der Waals surface area (Å²) in [4.78, 5) is 27.7. The van der Waals surface area contributed by atoms with Gasteiger partial charge in [0.1, 0.15) is 0 Å². The van der Waals surface area contributed by atoms with Crippen LogP contribution in [0, 0.1) is 6.92 Å². The topological polar surface area (TPSA) is 83.1 Å². The maximum atomic E-state index is 11.9. The van der Waals surface area contributed by atoms with Gasteiger partial charge in [-0.15, -0.1) is 11.3 Å². The third-order valence-corrected chi connectivity index (χ3v) is 3.74. The van der Waals surface area contributed by atoms with Gasteiger partial charge < -0.3 is 10.6 Å². The molecule has 0 fully saturated rings. The molecule has 1 heterocycles. The number of benzene rings is 1. The highest BCUT2D eigenvalue weighted by atomic mass is 32.1. The van der Waals surface area contributed by atoms with Crippen molar-refractivity contribution in [1.82, 2.24) is 10.3 Å². The van der Waals surface area contributed by atoms with Crippen molar-refractivity contribution < 1.29 is 9.59 Å². The third kappa shape index (κ3) is 5.71.